The van der Waals surface area contributed by atoms with Crippen LogP contribution in [0, 0.1) is 5.92 Å². The number of rotatable bonds is 3. The second-order valence-electron chi connectivity index (χ2n) is 4.86. The van der Waals surface area contributed by atoms with Crippen molar-refractivity contribution in [3.8, 4) is 0 Å². The number of nitrogens with one attached hydrogen (secondary N) is 1. The Morgan fingerprint density at radius 3 is 2.67 bits per heavy atom. The summed E-state index contributed by atoms with van der Waals surface area (Å²) >= 11 is 1.86. The predicted molar refractivity (Wildman–Crippen MR) is 67.3 cm³/mol. The van der Waals surface area contributed by atoms with Gasteiger partial charge in [0.1, 0.15) is 0 Å². The Morgan fingerprint density at radius 1 is 1.33 bits per heavy atom. The van der Waals surface area contributed by atoms with Gasteiger partial charge in [-0.2, -0.15) is 0 Å². The first-order chi connectivity index (χ1) is 7.25. The zero-order valence-corrected chi connectivity index (χ0v) is 10.5. The Labute approximate surface area is 96.9 Å². The first-order valence-corrected chi connectivity index (χ1v) is 6.93. The summed E-state index contributed by atoms with van der Waals surface area (Å²) in [5, 5.41) is 5.92. The van der Waals surface area contributed by atoms with E-state index in [0.717, 1.165) is 12.0 Å². The van der Waals surface area contributed by atoms with Crippen LogP contribution in [0.2, 0.25) is 0 Å². The summed E-state index contributed by atoms with van der Waals surface area (Å²) in [6.45, 7) is 4.66. The lowest BCUT2D eigenvalue weighted by atomic mass is 9.87. The van der Waals surface area contributed by atoms with Gasteiger partial charge in [-0.15, -0.1) is 11.3 Å². The molecule has 1 aromatic heterocycles. The van der Waals surface area contributed by atoms with Crippen LogP contribution in [0.5, 0.6) is 0 Å². The molecule has 1 aliphatic carbocycles. The molecule has 0 saturated heterocycles. The maximum atomic E-state index is 3.75. The molecule has 0 aliphatic heterocycles. The van der Waals surface area contributed by atoms with Gasteiger partial charge in [-0.05, 0) is 50.0 Å². The fraction of sp³-hybridized carbons (Fsp3) is 0.692. The molecule has 0 spiro atoms. The summed E-state index contributed by atoms with van der Waals surface area (Å²) in [4.78, 5) is 1.47. The van der Waals surface area contributed by atoms with E-state index in [1.165, 1.54) is 30.6 Å². The van der Waals surface area contributed by atoms with E-state index in [4.69, 9.17) is 0 Å². The molecular formula is C13H21NS. The van der Waals surface area contributed by atoms with Crippen molar-refractivity contribution in [3.05, 3.63) is 22.4 Å². The van der Waals surface area contributed by atoms with Crippen molar-refractivity contribution in [1.82, 2.24) is 5.32 Å². The monoisotopic (exact) mass is 223 g/mol. The Hall–Kier alpha value is -0.340. The molecule has 0 unspecified atom stereocenters. The highest BCUT2D eigenvalue weighted by Crippen LogP contribution is 2.26. The Bertz CT molecular complexity index is 273. The molecule has 0 amide bonds. The van der Waals surface area contributed by atoms with Gasteiger partial charge < -0.3 is 5.32 Å². The standard InChI is InChI=1S/C13H21NS/c1-10-5-7-12(8-6-10)14-11(2)13-4-3-9-15-13/h3-4,9-12,14H,5-8H2,1-2H3/t10?,11-,12?/m0/s1. The van der Waals surface area contributed by atoms with Gasteiger partial charge in [-0.3, -0.25) is 0 Å². The van der Waals surface area contributed by atoms with E-state index in [0.29, 0.717) is 6.04 Å². The number of hydrogen-bond donors (Lipinski definition) is 1. The van der Waals surface area contributed by atoms with Crippen LogP contribution in [0.1, 0.15) is 50.4 Å². The van der Waals surface area contributed by atoms with Crippen molar-refractivity contribution >= 4 is 11.3 Å². The second-order valence-corrected chi connectivity index (χ2v) is 5.84. The van der Waals surface area contributed by atoms with Crippen LogP contribution < -0.4 is 5.32 Å². The molecule has 1 N–H and O–H groups in total. The molecule has 2 rings (SSSR count). The lowest BCUT2D eigenvalue weighted by Crippen LogP contribution is -2.34. The van der Waals surface area contributed by atoms with Crippen LogP contribution in [0.4, 0.5) is 0 Å². The fourth-order valence-corrected chi connectivity index (χ4v) is 3.14. The SMILES string of the molecule is CC1CCC(N[C@@H](C)c2cccs2)CC1. The highest BCUT2D eigenvalue weighted by molar-refractivity contribution is 7.10. The molecule has 15 heavy (non-hydrogen) atoms. The van der Waals surface area contributed by atoms with E-state index in [-0.39, 0.29) is 0 Å². The molecule has 84 valence electrons. The molecule has 0 bridgehead atoms. The first-order valence-electron chi connectivity index (χ1n) is 6.05. The van der Waals surface area contributed by atoms with Gasteiger partial charge in [0.2, 0.25) is 0 Å². The Morgan fingerprint density at radius 2 is 2.07 bits per heavy atom. The molecular weight excluding hydrogens is 202 g/mol. The maximum Gasteiger partial charge on any atom is 0.0388 e. The molecule has 1 aromatic rings. The minimum Gasteiger partial charge on any atom is -0.307 e. The molecule has 1 fully saturated rings. The van der Waals surface area contributed by atoms with Crippen molar-refractivity contribution in [2.45, 2.75) is 51.6 Å². The highest BCUT2D eigenvalue weighted by Gasteiger charge is 2.19. The van der Waals surface area contributed by atoms with Gasteiger partial charge in [0.15, 0.2) is 0 Å². The van der Waals surface area contributed by atoms with E-state index in [9.17, 15) is 0 Å². The number of thiophene rings is 1. The van der Waals surface area contributed by atoms with Gasteiger partial charge in [-0.25, -0.2) is 0 Å². The lowest BCUT2D eigenvalue weighted by molar-refractivity contribution is 0.292. The van der Waals surface area contributed by atoms with Crippen molar-refractivity contribution < 1.29 is 0 Å². The van der Waals surface area contributed by atoms with Crippen molar-refractivity contribution in [1.29, 1.82) is 0 Å². The van der Waals surface area contributed by atoms with Gasteiger partial charge in [0, 0.05) is 17.0 Å². The molecule has 1 saturated carbocycles. The highest BCUT2D eigenvalue weighted by atomic mass is 32.1. The van der Waals surface area contributed by atoms with E-state index in [1.54, 1.807) is 0 Å². The summed E-state index contributed by atoms with van der Waals surface area (Å²) < 4.78 is 0. The molecule has 0 aromatic carbocycles. The summed E-state index contributed by atoms with van der Waals surface area (Å²) in [6.07, 6.45) is 5.51. The lowest BCUT2D eigenvalue weighted by Gasteiger charge is -2.29. The zero-order chi connectivity index (χ0) is 10.7. The van der Waals surface area contributed by atoms with E-state index < -0.39 is 0 Å². The largest absolute Gasteiger partial charge is 0.307 e. The third-order valence-corrected chi connectivity index (χ3v) is 4.53. The molecule has 1 heterocycles. The topological polar surface area (TPSA) is 12.0 Å². The Kier molecular flexibility index (Phi) is 3.81. The van der Waals surface area contributed by atoms with Gasteiger partial charge in [0.25, 0.3) is 0 Å². The van der Waals surface area contributed by atoms with Crippen LogP contribution in [0.15, 0.2) is 17.5 Å². The second kappa shape index (κ2) is 5.13. The minimum absolute atomic E-state index is 0.531. The predicted octanol–water partition coefficient (Wildman–Crippen LogP) is 3.98. The third kappa shape index (κ3) is 3.05. The molecule has 1 aliphatic rings. The Balaban J connectivity index is 1.82. The van der Waals surface area contributed by atoms with E-state index in [2.05, 4.69) is 36.7 Å². The van der Waals surface area contributed by atoms with E-state index in [1.807, 2.05) is 11.3 Å². The summed E-state index contributed by atoms with van der Waals surface area (Å²) in [5.41, 5.74) is 0. The smallest absolute Gasteiger partial charge is 0.0388 e. The fourth-order valence-electron chi connectivity index (χ4n) is 2.40. The average Bonchev–Trinajstić information content (AvgIpc) is 2.74. The third-order valence-electron chi connectivity index (χ3n) is 3.47. The summed E-state index contributed by atoms with van der Waals surface area (Å²) in [5.74, 6) is 0.945. The van der Waals surface area contributed by atoms with Crippen LogP contribution in [0.25, 0.3) is 0 Å². The van der Waals surface area contributed by atoms with Gasteiger partial charge in [0.05, 0.1) is 0 Å². The molecule has 1 nitrogen and oxygen atoms in total. The zero-order valence-electron chi connectivity index (χ0n) is 9.70. The van der Waals surface area contributed by atoms with Crippen molar-refractivity contribution in [2.75, 3.05) is 0 Å². The van der Waals surface area contributed by atoms with Crippen LogP contribution in [0.3, 0.4) is 0 Å². The normalized spacial score (nSPS) is 28.9. The average molecular weight is 223 g/mol. The summed E-state index contributed by atoms with van der Waals surface area (Å²) in [7, 11) is 0. The van der Waals surface area contributed by atoms with Crippen LogP contribution in [-0.2, 0) is 0 Å². The van der Waals surface area contributed by atoms with Gasteiger partial charge >= 0.3 is 0 Å². The first kappa shape index (κ1) is 11.2. The summed E-state index contributed by atoms with van der Waals surface area (Å²) in [6, 6.07) is 5.65. The van der Waals surface area contributed by atoms with Gasteiger partial charge in [-0.1, -0.05) is 13.0 Å². The number of hydrogen-bond acceptors (Lipinski definition) is 2. The van der Waals surface area contributed by atoms with Crippen molar-refractivity contribution in [2.24, 2.45) is 5.92 Å². The molecule has 1 atom stereocenters. The maximum absolute atomic E-state index is 3.75. The van der Waals surface area contributed by atoms with Crippen LogP contribution >= 0.6 is 11.3 Å². The molecule has 2 heteroatoms. The van der Waals surface area contributed by atoms with E-state index >= 15 is 0 Å². The van der Waals surface area contributed by atoms with Crippen molar-refractivity contribution in [3.63, 3.8) is 0 Å². The van der Waals surface area contributed by atoms with Crippen LogP contribution in [-0.4, -0.2) is 6.04 Å². The quantitative estimate of drug-likeness (QED) is 0.817. The minimum atomic E-state index is 0.531. The molecule has 0 radical (unpaired) electrons.